The minimum atomic E-state index is -8.95. The van der Waals surface area contributed by atoms with E-state index in [4.69, 9.17) is 0 Å². The Bertz CT molecular complexity index is 607. The highest BCUT2D eigenvalue weighted by atomic mass is 19.4. The number of rotatable bonds is 1. The highest BCUT2D eigenvalue weighted by molar-refractivity contribution is 5.35. The molecule has 0 aromatic heterocycles. The molecule has 18 heteroatoms. The lowest BCUT2D eigenvalue weighted by molar-refractivity contribution is -0.528. The SMILES string of the molecule is FC(F)(F)C(F)(F)C1(F)C(F)(F)C(F)(F)C(F)(F)C(F)(F)C1(F)C(F)(F)F. The monoisotopic (exact) mass is 450 g/mol. The predicted molar refractivity (Wildman–Crippen MR) is 44.5 cm³/mol. The Hall–Kier alpha value is -1.26. The van der Waals surface area contributed by atoms with E-state index in [-0.39, 0.29) is 0 Å². The van der Waals surface area contributed by atoms with E-state index >= 15 is 0 Å². The Morgan fingerprint density at radius 2 is 0.630 bits per heavy atom. The highest BCUT2D eigenvalue weighted by Gasteiger charge is 3.09. The van der Waals surface area contributed by atoms with Crippen molar-refractivity contribution in [1.29, 1.82) is 0 Å². The zero-order valence-corrected chi connectivity index (χ0v) is 11.3. The third-order valence-electron chi connectivity index (χ3n) is 3.70. The summed E-state index contributed by atoms with van der Waals surface area (Å²) >= 11 is 0. The van der Waals surface area contributed by atoms with Crippen LogP contribution in [0, 0.1) is 0 Å². The molecule has 162 valence electrons. The molecule has 1 rings (SSSR count). The minimum Gasteiger partial charge on any atom is -0.225 e. The smallest absolute Gasteiger partial charge is 0.225 e. The molecular weight excluding hydrogens is 450 g/mol. The van der Waals surface area contributed by atoms with Crippen molar-refractivity contribution in [2.45, 2.75) is 53.3 Å². The number of alkyl halides is 18. The highest BCUT2D eigenvalue weighted by Crippen LogP contribution is 2.75. The van der Waals surface area contributed by atoms with E-state index in [2.05, 4.69) is 0 Å². The molecule has 0 bridgehead atoms. The van der Waals surface area contributed by atoms with Crippen LogP contribution < -0.4 is 0 Å². The second-order valence-corrected chi connectivity index (χ2v) is 5.18. The quantitative estimate of drug-likeness (QED) is 0.449. The molecule has 1 aliphatic rings. The fourth-order valence-corrected chi connectivity index (χ4v) is 2.24. The van der Waals surface area contributed by atoms with Gasteiger partial charge in [0.1, 0.15) is 0 Å². The first-order valence-electron chi connectivity index (χ1n) is 5.65. The van der Waals surface area contributed by atoms with E-state index in [1.807, 2.05) is 0 Å². The lowest BCUT2D eigenvalue weighted by Crippen LogP contribution is -2.92. The molecule has 2 atom stereocenters. The maximum Gasteiger partial charge on any atom is 0.457 e. The van der Waals surface area contributed by atoms with Crippen LogP contribution in [0.3, 0.4) is 0 Å². The van der Waals surface area contributed by atoms with Crippen molar-refractivity contribution in [3.05, 3.63) is 0 Å². The molecule has 2 unspecified atom stereocenters. The largest absolute Gasteiger partial charge is 0.457 e. The summed E-state index contributed by atoms with van der Waals surface area (Å²) in [7, 11) is 0. The van der Waals surface area contributed by atoms with Crippen LogP contribution in [-0.4, -0.2) is 53.3 Å². The molecule has 0 spiro atoms. The summed E-state index contributed by atoms with van der Waals surface area (Å²) in [5.41, 5.74) is -17.8. The summed E-state index contributed by atoms with van der Waals surface area (Å²) in [5, 5.41) is 0. The maximum atomic E-state index is 13.9. The molecular formula is C9F18. The van der Waals surface area contributed by atoms with E-state index in [9.17, 15) is 79.0 Å². The van der Waals surface area contributed by atoms with Gasteiger partial charge in [-0.05, 0) is 0 Å². The van der Waals surface area contributed by atoms with Gasteiger partial charge in [-0.2, -0.15) is 70.2 Å². The lowest BCUT2D eigenvalue weighted by atomic mass is 9.62. The Morgan fingerprint density at radius 3 is 0.852 bits per heavy atom. The van der Waals surface area contributed by atoms with Gasteiger partial charge in [0.25, 0.3) is 0 Å². The van der Waals surface area contributed by atoms with E-state index in [0.29, 0.717) is 0 Å². The molecule has 27 heavy (non-hydrogen) atoms. The summed E-state index contributed by atoms with van der Waals surface area (Å²) in [5.74, 6) is -42.4. The van der Waals surface area contributed by atoms with Gasteiger partial charge in [-0.15, -0.1) is 0 Å². The Kier molecular flexibility index (Phi) is 4.41. The molecule has 0 saturated heterocycles. The zero-order chi connectivity index (χ0) is 22.5. The van der Waals surface area contributed by atoms with Gasteiger partial charge in [-0.25, -0.2) is 8.78 Å². The average Bonchev–Trinajstić information content (AvgIpc) is 2.40. The van der Waals surface area contributed by atoms with Gasteiger partial charge in [-0.3, -0.25) is 0 Å². The molecule has 0 aliphatic heterocycles. The third-order valence-corrected chi connectivity index (χ3v) is 3.70. The Labute approximate surface area is 134 Å². The minimum absolute atomic E-state index is 8.13. The molecule has 1 aliphatic carbocycles. The molecule has 1 fully saturated rings. The summed E-state index contributed by atoms with van der Waals surface area (Å²) in [4.78, 5) is 0. The molecule has 0 radical (unpaired) electrons. The molecule has 0 aromatic carbocycles. The average molecular weight is 450 g/mol. The van der Waals surface area contributed by atoms with E-state index < -0.39 is 53.3 Å². The van der Waals surface area contributed by atoms with Crippen LogP contribution in [0.4, 0.5) is 79.0 Å². The number of halogens is 18. The van der Waals surface area contributed by atoms with Crippen molar-refractivity contribution in [2.75, 3.05) is 0 Å². The molecule has 0 aromatic rings. The van der Waals surface area contributed by atoms with Crippen molar-refractivity contribution >= 4 is 0 Å². The van der Waals surface area contributed by atoms with Crippen LogP contribution in [0.2, 0.25) is 0 Å². The topological polar surface area (TPSA) is 0 Å². The molecule has 0 N–H and O–H groups in total. The second-order valence-electron chi connectivity index (χ2n) is 5.18. The maximum absolute atomic E-state index is 13.9. The Balaban J connectivity index is 4.32. The molecule has 0 amide bonds. The van der Waals surface area contributed by atoms with Crippen LogP contribution in [-0.2, 0) is 0 Å². The van der Waals surface area contributed by atoms with Crippen molar-refractivity contribution < 1.29 is 79.0 Å². The summed E-state index contributed by atoms with van der Waals surface area (Å²) in [6.45, 7) is 0. The van der Waals surface area contributed by atoms with Crippen molar-refractivity contribution in [2.24, 2.45) is 0 Å². The van der Waals surface area contributed by atoms with Gasteiger partial charge in [0.15, 0.2) is 0 Å². The first kappa shape index (κ1) is 23.8. The van der Waals surface area contributed by atoms with E-state index in [0.717, 1.165) is 0 Å². The van der Waals surface area contributed by atoms with Crippen LogP contribution in [0.15, 0.2) is 0 Å². The van der Waals surface area contributed by atoms with E-state index in [1.54, 1.807) is 0 Å². The fraction of sp³-hybridized carbons (Fsp3) is 1.00. The van der Waals surface area contributed by atoms with Crippen LogP contribution in [0.1, 0.15) is 0 Å². The van der Waals surface area contributed by atoms with Crippen LogP contribution >= 0.6 is 0 Å². The van der Waals surface area contributed by atoms with Gasteiger partial charge in [0.05, 0.1) is 0 Å². The van der Waals surface area contributed by atoms with Crippen molar-refractivity contribution in [3.63, 3.8) is 0 Å². The van der Waals surface area contributed by atoms with E-state index in [1.165, 1.54) is 0 Å². The normalized spacial score (nSPS) is 35.8. The standard InChI is InChI=1S/C9F18/c10-1(5(16,17)9(25,26)27)2(11,8(22,23)24)4(14,15)7(20,21)6(18,19)3(1,12)13. The molecule has 0 heterocycles. The summed E-state index contributed by atoms with van der Waals surface area (Å²) in [6, 6.07) is 0. The van der Waals surface area contributed by atoms with Gasteiger partial charge >= 0.3 is 53.3 Å². The van der Waals surface area contributed by atoms with Gasteiger partial charge in [0.2, 0.25) is 0 Å². The van der Waals surface area contributed by atoms with Crippen LogP contribution in [0.5, 0.6) is 0 Å². The summed E-state index contributed by atoms with van der Waals surface area (Å²) < 4.78 is 232. The fourth-order valence-electron chi connectivity index (χ4n) is 2.24. The predicted octanol–water partition coefficient (Wildman–Crippen LogP) is 5.72. The molecule has 0 nitrogen and oxygen atoms in total. The number of hydrogen-bond acceptors (Lipinski definition) is 0. The zero-order valence-electron chi connectivity index (χ0n) is 11.3. The first-order valence-corrected chi connectivity index (χ1v) is 5.65. The van der Waals surface area contributed by atoms with Gasteiger partial charge in [-0.1, -0.05) is 0 Å². The Morgan fingerprint density at radius 1 is 0.370 bits per heavy atom. The van der Waals surface area contributed by atoms with Gasteiger partial charge < -0.3 is 0 Å². The van der Waals surface area contributed by atoms with Gasteiger partial charge in [0, 0.05) is 0 Å². The number of hydrogen-bond donors (Lipinski definition) is 0. The van der Waals surface area contributed by atoms with Crippen molar-refractivity contribution in [1.82, 2.24) is 0 Å². The van der Waals surface area contributed by atoms with Crippen LogP contribution in [0.25, 0.3) is 0 Å². The second kappa shape index (κ2) is 5.01. The third kappa shape index (κ3) is 2.01. The molecule has 1 saturated carbocycles. The summed E-state index contributed by atoms with van der Waals surface area (Å²) in [6.07, 6.45) is -16.5. The van der Waals surface area contributed by atoms with Crippen molar-refractivity contribution in [3.8, 4) is 0 Å². The lowest BCUT2D eigenvalue weighted by Gasteiger charge is -2.57. The first-order chi connectivity index (χ1) is 11.2.